The lowest BCUT2D eigenvalue weighted by atomic mass is 9.80. The zero-order chi connectivity index (χ0) is 14.8. The largest absolute Gasteiger partial charge is 0.271 e. The van der Waals surface area contributed by atoms with Crippen molar-refractivity contribution in [3.05, 3.63) is 62.8 Å². The van der Waals surface area contributed by atoms with Gasteiger partial charge in [0.1, 0.15) is 0 Å². The molecule has 2 atom stereocenters. The second kappa shape index (κ2) is 6.44. The highest BCUT2D eigenvalue weighted by atomic mass is 79.9. The lowest BCUT2D eigenvalue weighted by Gasteiger charge is -2.31. The molecule has 1 heterocycles. The molecule has 1 aliphatic rings. The molecule has 0 aliphatic heterocycles. The van der Waals surface area contributed by atoms with Crippen LogP contribution in [0.2, 0.25) is 5.02 Å². The van der Waals surface area contributed by atoms with E-state index in [4.69, 9.17) is 17.4 Å². The third-order valence-electron chi connectivity index (χ3n) is 4.12. The molecule has 0 radical (unpaired) electrons. The van der Waals surface area contributed by atoms with Gasteiger partial charge in [0.05, 0.1) is 6.04 Å². The van der Waals surface area contributed by atoms with Gasteiger partial charge < -0.3 is 0 Å². The Bertz CT molecular complexity index is 647. The van der Waals surface area contributed by atoms with E-state index in [-0.39, 0.29) is 12.0 Å². The Morgan fingerprint density at radius 1 is 1.38 bits per heavy atom. The molecule has 0 bridgehead atoms. The highest BCUT2D eigenvalue weighted by Gasteiger charge is 2.30. The Morgan fingerprint density at radius 3 is 3.00 bits per heavy atom. The summed E-state index contributed by atoms with van der Waals surface area (Å²) in [6, 6.07) is 10.0. The van der Waals surface area contributed by atoms with Crippen molar-refractivity contribution in [1.29, 1.82) is 0 Å². The van der Waals surface area contributed by atoms with Crippen molar-refractivity contribution in [2.45, 2.75) is 31.2 Å². The fourth-order valence-electron chi connectivity index (χ4n) is 3.15. The van der Waals surface area contributed by atoms with Crippen LogP contribution in [0.4, 0.5) is 0 Å². The molecule has 2 aromatic rings. The number of benzene rings is 1. The van der Waals surface area contributed by atoms with Gasteiger partial charge >= 0.3 is 0 Å². The van der Waals surface area contributed by atoms with Gasteiger partial charge in [0.15, 0.2) is 0 Å². The minimum Gasteiger partial charge on any atom is -0.271 e. The Hall–Kier alpha value is -0.940. The smallest absolute Gasteiger partial charge is 0.0554 e. The second-order valence-electron chi connectivity index (χ2n) is 5.36. The number of halogens is 2. The highest BCUT2D eigenvalue weighted by molar-refractivity contribution is 9.10. The lowest BCUT2D eigenvalue weighted by Crippen LogP contribution is -2.34. The van der Waals surface area contributed by atoms with Crippen LogP contribution in [0.15, 0.2) is 41.0 Å². The number of hydrogen-bond donors (Lipinski definition) is 2. The molecule has 0 saturated carbocycles. The zero-order valence-electron chi connectivity index (χ0n) is 11.5. The summed E-state index contributed by atoms with van der Waals surface area (Å²) in [6.45, 7) is 0. The molecule has 1 aromatic heterocycles. The van der Waals surface area contributed by atoms with Gasteiger partial charge in [-0.3, -0.25) is 16.3 Å². The molecule has 3 nitrogen and oxygen atoms in total. The van der Waals surface area contributed by atoms with Crippen molar-refractivity contribution in [3.8, 4) is 0 Å². The summed E-state index contributed by atoms with van der Waals surface area (Å²) in [5.41, 5.74) is 6.59. The Kier molecular flexibility index (Phi) is 4.60. The van der Waals surface area contributed by atoms with Gasteiger partial charge in [0.25, 0.3) is 0 Å². The van der Waals surface area contributed by atoms with Gasteiger partial charge in [0, 0.05) is 27.3 Å². The van der Waals surface area contributed by atoms with E-state index in [2.05, 4.69) is 32.4 Å². The third kappa shape index (κ3) is 2.99. The number of nitrogens with one attached hydrogen (secondary N) is 1. The van der Waals surface area contributed by atoms with E-state index in [1.54, 1.807) is 0 Å². The summed E-state index contributed by atoms with van der Waals surface area (Å²) in [6.07, 6.45) is 5.20. The number of rotatable bonds is 3. The molecule has 1 aliphatic carbocycles. The maximum absolute atomic E-state index is 6.04. The summed E-state index contributed by atoms with van der Waals surface area (Å²) in [4.78, 5) is 4.61. The molecule has 0 saturated heterocycles. The maximum atomic E-state index is 6.04. The Balaban J connectivity index is 2.01. The van der Waals surface area contributed by atoms with Crippen LogP contribution in [0.5, 0.6) is 0 Å². The zero-order valence-corrected chi connectivity index (χ0v) is 13.9. The normalized spacial score (nSPS) is 19.1. The van der Waals surface area contributed by atoms with E-state index in [0.29, 0.717) is 5.02 Å². The van der Waals surface area contributed by atoms with E-state index in [9.17, 15) is 0 Å². The van der Waals surface area contributed by atoms with Gasteiger partial charge in [-0.25, -0.2) is 0 Å². The van der Waals surface area contributed by atoms with Gasteiger partial charge in [0.2, 0.25) is 0 Å². The number of nitrogens with two attached hydrogens (primary N) is 1. The number of nitrogens with zero attached hydrogens (tertiary/aromatic N) is 1. The van der Waals surface area contributed by atoms with Crippen LogP contribution in [-0.2, 0) is 6.42 Å². The van der Waals surface area contributed by atoms with Crippen LogP contribution in [0.1, 0.15) is 41.6 Å². The summed E-state index contributed by atoms with van der Waals surface area (Å²) >= 11 is 9.63. The average Bonchev–Trinajstić information content (AvgIpc) is 2.50. The number of aryl methyl sites for hydroxylation is 1. The van der Waals surface area contributed by atoms with Crippen LogP contribution >= 0.6 is 27.5 Å². The molecule has 3 N–H and O–H groups in total. The Morgan fingerprint density at radius 2 is 2.24 bits per heavy atom. The SMILES string of the molecule is NNC(c1ccc(Cl)cc1Br)C1CCCc2cccnc21. The molecule has 1 aromatic carbocycles. The van der Waals surface area contributed by atoms with E-state index < -0.39 is 0 Å². The number of hydrazine groups is 1. The highest BCUT2D eigenvalue weighted by Crippen LogP contribution is 2.41. The molecule has 5 heteroatoms. The van der Waals surface area contributed by atoms with Crippen molar-refractivity contribution in [2.75, 3.05) is 0 Å². The minimum atomic E-state index is 0.0191. The van der Waals surface area contributed by atoms with Crippen LogP contribution in [-0.4, -0.2) is 4.98 Å². The minimum absolute atomic E-state index is 0.0191. The van der Waals surface area contributed by atoms with Crippen LogP contribution < -0.4 is 11.3 Å². The predicted molar refractivity (Wildman–Crippen MR) is 89.1 cm³/mol. The summed E-state index contributed by atoms with van der Waals surface area (Å²) in [5, 5.41) is 0.712. The van der Waals surface area contributed by atoms with E-state index in [1.807, 2.05) is 30.5 Å². The number of aromatic nitrogens is 1. The molecule has 0 spiro atoms. The van der Waals surface area contributed by atoms with Gasteiger partial charge in [-0.15, -0.1) is 0 Å². The molecule has 0 amide bonds. The molecule has 3 rings (SSSR count). The molecular formula is C16H17BrClN3. The molecule has 0 fully saturated rings. The van der Waals surface area contributed by atoms with E-state index in [0.717, 1.165) is 35.0 Å². The first-order valence-electron chi connectivity index (χ1n) is 7.05. The monoisotopic (exact) mass is 365 g/mol. The standard InChI is InChI=1S/C16H17BrClN3/c17-14-9-11(18)6-7-12(14)16(21-19)13-5-1-3-10-4-2-8-20-15(10)13/h2,4,6-9,13,16,21H,1,3,5,19H2. The van der Waals surface area contributed by atoms with E-state index >= 15 is 0 Å². The lowest BCUT2D eigenvalue weighted by molar-refractivity contribution is 0.399. The van der Waals surface area contributed by atoms with Crippen molar-refractivity contribution >= 4 is 27.5 Å². The van der Waals surface area contributed by atoms with Gasteiger partial charge in [-0.1, -0.05) is 39.7 Å². The predicted octanol–water partition coefficient (Wildman–Crippen LogP) is 4.12. The topological polar surface area (TPSA) is 50.9 Å². The van der Waals surface area contributed by atoms with Crippen molar-refractivity contribution in [3.63, 3.8) is 0 Å². The van der Waals surface area contributed by atoms with Crippen molar-refractivity contribution in [1.82, 2.24) is 10.4 Å². The summed E-state index contributed by atoms with van der Waals surface area (Å²) in [5.74, 6) is 6.14. The van der Waals surface area contributed by atoms with Crippen molar-refractivity contribution in [2.24, 2.45) is 5.84 Å². The first-order chi connectivity index (χ1) is 10.2. The Labute approximate surface area is 138 Å². The van der Waals surface area contributed by atoms with Gasteiger partial charge in [-0.05, 0) is 48.6 Å². The second-order valence-corrected chi connectivity index (χ2v) is 6.65. The summed E-state index contributed by atoms with van der Waals surface area (Å²) in [7, 11) is 0. The van der Waals surface area contributed by atoms with Crippen LogP contribution in [0.3, 0.4) is 0 Å². The van der Waals surface area contributed by atoms with Crippen LogP contribution in [0.25, 0.3) is 0 Å². The molecular weight excluding hydrogens is 350 g/mol. The summed E-state index contributed by atoms with van der Waals surface area (Å²) < 4.78 is 0.973. The van der Waals surface area contributed by atoms with E-state index in [1.165, 1.54) is 5.56 Å². The van der Waals surface area contributed by atoms with Crippen LogP contribution in [0, 0.1) is 0 Å². The van der Waals surface area contributed by atoms with Crippen molar-refractivity contribution < 1.29 is 0 Å². The number of pyridine rings is 1. The quantitative estimate of drug-likeness (QED) is 0.634. The first-order valence-corrected chi connectivity index (χ1v) is 8.22. The molecule has 110 valence electrons. The van der Waals surface area contributed by atoms with Gasteiger partial charge in [-0.2, -0.15) is 0 Å². The number of fused-ring (bicyclic) bond motifs is 1. The molecule has 2 unspecified atom stereocenters. The fourth-order valence-corrected chi connectivity index (χ4v) is 4.08. The third-order valence-corrected chi connectivity index (χ3v) is 5.04. The molecule has 21 heavy (non-hydrogen) atoms. The fraction of sp³-hybridized carbons (Fsp3) is 0.312. The number of hydrogen-bond acceptors (Lipinski definition) is 3. The first kappa shape index (κ1) is 15.0. The average molecular weight is 367 g/mol. The maximum Gasteiger partial charge on any atom is 0.0554 e.